The molecule has 0 aliphatic carbocycles. The van der Waals surface area contributed by atoms with Gasteiger partial charge in [-0.2, -0.15) is 5.10 Å². The van der Waals surface area contributed by atoms with Crippen molar-refractivity contribution in [2.45, 2.75) is 71.8 Å². The predicted molar refractivity (Wildman–Crippen MR) is 158 cm³/mol. The lowest BCUT2D eigenvalue weighted by Gasteiger charge is -2.38. The first kappa shape index (κ1) is 28.5. The molecule has 0 aliphatic heterocycles. The zero-order valence-corrected chi connectivity index (χ0v) is 25.4. The molecule has 0 bridgehead atoms. The van der Waals surface area contributed by atoms with Gasteiger partial charge in [-0.05, 0) is 57.1 Å². The number of rotatable bonds is 10. The summed E-state index contributed by atoms with van der Waals surface area (Å²) in [6, 6.07) is 7.98. The van der Waals surface area contributed by atoms with E-state index in [1.165, 1.54) is 6.33 Å². The first-order valence-electron chi connectivity index (χ1n) is 13.3. The Bertz CT molecular complexity index is 1420. The lowest BCUT2D eigenvalue weighted by Crippen LogP contribution is -2.44. The minimum absolute atomic E-state index is 0.0423. The van der Waals surface area contributed by atoms with Crippen LogP contribution >= 0.6 is 0 Å². The van der Waals surface area contributed by atoms with Crippen LogP contribution in [0.5, 0.6) is 11.5 Å². The standard InChI is InChI=1S/C29H40N6O3Si/c1-19(2)35-28-25(16-32-35)27(33-22-14-30-18-31-15-22)13-26(34-28)21-10-23(36-7)12-24(11-21)37-17-20(3)38-39(8,9)29(4,5)6/h10-16,18-20H,17H2,1-9H3,(H,33,34). The fourth-order valence-electron chi connectivity index (χ4n) is 4.01. The van der Waals surface area contributed by atoms with E-state index < -0.39 is 8.32 Å². The Hall–Kier alpha value is -3.50. The Kier molecular flexibility index (Phi) is 8.27. The number of fused-ring (bicyclic) bond motifs is 1. The third-order valence-electron chi connectivity index (χ3n) is 7.09. The van der Waals surface area contributed by atoms with Crippen LogP contribution in [0, 0.1) is 0 Å². The summed E-state index contributed by atoms with van der Waals surface area (Å²) >= 11 is 0. The average Bonchev–Trinajstić information content (AvgIpc) is 3.32. The highest BCUT2D eigenvalue weighted by Gasteiger charge is 2.38. The molecule has 1 unspecified atom stereocenters. The van der Waals surface area contributed by atoms with E-state index in [0.29, 0.717) is 18.1 Å². The van der Waals surface area contributed by atoms with Crippen molar-refractivity contribution in [3.05, 3.63) is 49.2 Å². The van der Waals surface area contributed by atoms with Crippen molar-refractivity contribution in [2.75, 3.05) is 19.0 Å². The summed E-state index contributed by atoms with van der Waals surface area (Å²) in [4.78, 5) is 13.3. The summed E-state index contributed by atoms with van der Waals surface area (Å²) in [6.45, 7) is 17.9. The molecule has 0 fully saturated rings. The van der Waals surface area contributed by atoms with Crippen LogP contribution in [-0.4, -0.2) is 52.9 Å². The summed E-state index contributed by atoms with van der Waals surface area (Å²) in [6.07, 6.45) is 6.76. The molecule has 0 saturated carbocycles. The molecule has 1 N–H and O–H groups in total. The van der Waals surface area contributed by atoms with Gasteiger partial charge < -0.3 is 19.2 Å². The molecule has 1 atom stereocenters. The van der Waals surface area contributed by atoms with E-state index in [9.17, 15) is 0 Å². The maximum Gasteiger partial charge on any atom is 0.192 e. The van der Waals surface area contributed by atoms with Crippen molar-refractivity contribution < 1.29 is 13.9 Å². The monoisotopic (exact) mass is 548 g/mol. The SMILES string of the molecule is COc1cc(OCC(C)O[Si](C)(C)C(C)(C)C)cc(-c2cc(Nc3cncnc3)c3cnn(C(C)C)c3n2)c1. The van der Waals surface area contributed by atoms with Crippen LogP contribution in [0.25, 0.3) is 22.3 Å². The quantitative estimate of drug-likeness (QED) is 0.211. The van der Waals surface area contributed by atoms with Crippen molar-refractivity contribution in [1.29, 1.82) is 0 Å². The number of ether oxygens (including phenoxy) is 2. The van der Waals surface area contributed by atoms with Crippen molar-refractivity contribution >= 4 is 30.7 Å². The van der Waals surface area contributed by atoms with Crippen LogP contribution in [0.15, 0.2) is 49.2 Å². The van der Waals surface area contributed by atoms with Gasteiger partial charge in [0, 0.05) is 17.7 Å². The molecule has 0 radical (unpaired) electrons. The summed E-state index contributed by atoms with van der Waals surface area (Å²) in [5, 5.41) is 9.08. The Labute approximate surface area is 232 Å². The Morgan fingerprint density at radius 2 is 1.67 bits per heavy atom. The number of aromatic nitrogens is 5. The third-order valence-corrected chi connectivity index (χ3v) is 11.7. The smallest absolute Gasteiger partial charge is 0.192 e. The van der Waals surface area contributed by atoms with Crippen LogP contribution < -0.4 is 14.8 Å². The first-order chi connectivity index (χ1) is 18.4. The van der Waals surface area contributed by atoms with Crippen molar-refractivity contribution in [1.82, 2.24) is 24.7 Å². The van der Waals surface area contributed by atoms with Gasteiger partial charge in [0.05, 0.1) is 54.3 Å². The molecule has 4 rings (SSSR count). The summed E-state index contributed by atoms with van der Waals surface area (Å²) in [7, 11) is -0.247. The van der Waals surface area contributed by atoms with Gasteiger partial charge in [-0.1, -0.05) is 20.8 Å². The van der Waals surface area contributed by atoms with Gasteiger partial charge in [-0.25, -0.2) is 19.6 Å². The summed E-state index contributed by atoms with van der Waals surface area (Å²) < 4.78 is 20.3. The van der Waals surface area contributed by atoms with Crippen LogP contribution in [-0.2, 0) is 4.43 Å². The highest BCUT2D eigenvalue weighted by molar-refractivity contribution is 6.74. The molecular weight excluding hydrogens is 508 g/mol. The van der Waals surface area contributed by atoms with Gasteiger partial charge in [0.1, 0.15) is 24.4 Å². The number of methoxy groups -OCH3 is 1. The largest absolute Gasteiger partial charge is 0.497 e. The Balaban J connectivity index is 1.68. The molecule has 0 amide bonds. The molecule has 0 spiro atoms. The molecule has 208 valence electrons. The maximum atomic E-state index is 6.48. The second-order valence-electron chi connectivity index (χ2n) is 11.6. The number of nitrogens with one attached hydrogen (secondary N) is 1. The van der Waals surface area contributed by atoms with E-state index in [2.05, 4.69) is 75.0 Å². The molecule has 3 aromatic heterocycles. The van der Waals surface area contributed by atoms with Crippen molar-refractivity contribution in [3.8, 4) is 22.8 Å². The predicted octanol–water partition coefficient (Wildman–Crippen LogP) is 7.01. The average molecular weight is 549 g/mol. The highest BCUT2D eigenvalue weighted by atomic mass is 28.4. The topological polar surface area (TPSA) is 96.2 Å². The van der Waals surface area contributed by atoms with Crippen LogP contribution in [0.1, 0.15) is 47.6 Å². The number of anilines is 2. The zero-order valence-electron chi connectivity index (χ0n) is 24.4. The number of hydrogen-bond donors (Lipinski definition) is 1. The number of hydrogen-bond acceptors (Lipinski definition) is 8. The van der Waals surface area contributed by atoms with E-state index in [0.717, 1.165) is 33.7 Å². The summed E-state index contributed by atoms with van der Waals surface area (Å²) in [5.74, 6) is 1.38. The minimum Gasteiger partial charge on any atom is -0.497 e. The van der Waals surface area contributed by atoms with Gasteiger partial charge >= 0.3 is 0 Å². The lowest BCUT2D eigenvalue weighted by molar-refractivity contribution is 0.129. The van der Waals surface area contributed by atoms with Crippen LogP contribution in [0.4, 0.5) is 11.4 Å². The molecule has 1 aromatic carbocycles. The summed E-state index contributed by atoms with van der Waals surface area (Å²) in [5.41, 5.74) is 4.05. The molecular formula is C29H40N6O3Si. The van der Waals surface area contributed by atoms with Crippen molar-refractivity contribution in [2.24, 2.45) is 0 Å². The Morgan fingerprint density at radius 3 is 2.31 bits per heavy atom. The van der Waals surface area contributed by atoms with Crippen LogP contribution in [0.3, 0.4) is 0 Å². The number of nitrogens with zero attached hydrogens (tertiary/aromatic N) is 5. The number of benzene rings is 1. The molecule has 3 heterocycles. The zero-order chi connectivity index (χ0) is 28.4. The third kappa shape index (κ3) is 6.56. The molecule has 10 heteroatoms. The van der Waals surface area contributed by atoms with E-state index in [1.54, 1.807) is 19.5 Å². The van der Waals surface area contributed by atoms with Crippen LogP contribution in [0.2, 0.25) is 18.1 Å². The van der Waals surface area contributed by atoms with E-state index in [4.69, 9.17) is 18.9 Å². The lowest BCUT2D eigenvalue weighted by atomic mass is 10.1. The minimum atomic E-state index is -1.90. The molecule has 4 aromatic rings. The second-order valence-corrected chi connectivity index (χ2v) is 16.4. The normalized spacial score (nSPS) is 13.1. The fraction of sp³-hybridized carbons (Fsp3) is 0.448. The van der Waals surface area contributed by atoms with Gasteiger partial charge in [-0.15, -0.1) is 0 Å². The number of pyridine rings is 1. The second kappa shape index (κ2) is 11.3. The molecule has 0 aliphatic rings. The highest BCUT2D eigenvalue weighted by Crippen LogP contribution is 2.38. The van der Waals surface area contributed by atoms with Gasteiger partial charge in [0.15, 0.2) is 14.0 Å². The maximum absolute atomic E-state index is 6.48. The fourth-order valence-corrected chi connectivity index (χ4v) is 5.44. The molecule has 9 nitrogen and oxygen atoms in total. The van der Waals surface area contributed by atoms with E-state index in [-0.39, 0.29) is 17.2 Å². The van der Waals surface area contributed by atoms with Gasteiger partial charge in [-0.3, -0.25) is 0 Å². The van der Waals surface area contributed by atoms with Gasteiger partial charge in [0.25, 0.3) is 0 Å². The van der Waals surface area contributed by atoms with Crippen molar-refractivity contribution in [3.63, 3.8) is 0 Å². The van der Waals surface area contributed by atoms with Gasteiger partial charge in [0.2, 0.25) is 0 Å². The van der Waals surface area contributed by atoms with E-state index in [1.807, 2.05) is 35.1 Å². The molecule has 39 heavy (non-hydrogen) atoms. The molecule has 0 saturated heterocycles. The van der Waals surface area contributed by atoms with E-state index >= 15 is 0 Å². The first-order valence-corrected chi connectivity index (χ1v) is 16.2. The Morgan fingerprint density at radius 1 is 0.974 bits per heavy atom.